The van der Waals surface area contributed by atoms with Gasteiger partial charge in [-0.05, 0) is 64.2 Å². The molecule has 0 aliphatic carbocycles. The van der Waals surface area contributed by atoms with Gasteiger partial charge in [-0.2, -0.15) is 0 Å². The summed E-state index contributed by atoms with van der Waals surface area (Å²) in [6, 6.07) is 4.20. The zero-order valence-corrected chi connectivity index (χ0v) is 17.7. The summed E-state index contributed by atoms with van der Waals surface area (Å²) in [5, 5.41) is 3.94. The molecule has 6 heteroatoms. The summed E-state index contributed by atoms with van der Waals surface area (Å²) in [5.41, 5.74) is 4.24. The molecule has 0 atom stereocenters. The molecule has 1 aliphatic heterocycles. The number of piperidine rings is 1. The lowest BCUT2D eigenvalue weighted by Gasteiger charge is -2.32. The average Bonchev–Trinajstić information content (AvgIpc) is 3.11. The van der Waals surface area contributed by atoms with E-state index in [0.29, 0.717) is 12.5 Å². The Morgan fingerprint density at radius 3 is 2.26 bits per heavy atom. The monoisotopic (exact) mass is 387 g/mol. The molecule has 0 radical (unpaired) electrons. The van der Waals surface area contributed by atoms with Crippen molar-refractivity contribution in [1.82, 2.24) is 14.8 Å². The van der Waals surface area contributed by atoms with E-state index in [1.165, 1.54) is 4.88 Å². The number of rotatable bonds is 4. The van der Waals surface area contributed by atoms with Crippen molar-refractivity contribution >= 4 is 23.2 Å². The van der Waals surface area contributed by atoms with Crippen LogP contribution in [0, 0.1) is 33.6 Å². The van der Waals surface area contributed by atoms with Gasteiger partial charge in [0.2, 0.25) is 5.91 Å². The molecule has 3 heterocycles. The molecule has 2 aromatic heterocycles. The zero-order valence-electron chi connectivity index (χ0n) is 16.9. The molecule has 27 heavy (non-hydrogen) atoms. The minimum atomic E-state index is 0.0139. The van der Waals surface area contributed by atoms with E-state index in [0.717, 1.165) is 53.4 Å². The number of aromatic nitrogens is 1. The van der Waals surface area contributed by atoms with E-state index in [1.807, 2.05) is 4.90 Å². The molecule has 1 fully saturated rings. The van der Waals surface area contributed by atoms with Gasteiger partial charge < -0.3 is 14.8 Å². The number of nitrogens with one attached hydrogen (secondary N) is 1. The summed E-state index contributed by atoms with van der Waals surface area (Å²) < 4.78 is 2.20. The lowest BCUT2D eigenvalue weighted by molar-refractivity contribution is -0.119. The van der Waals surface area contributed by atoms with Gasteiger partial charge in [-0.3, -0.25) is 9.59 Å². The second kappa shape index (κ2) is 7.89. The van der Waals surface area contributed by atoms with Crippen LogP contribution in [0.4, 0.5) is 0 Å². The molecule has 3 rings (SSSR count). The highest BCUT2D eigenvalue weighted by atomic mass is 32.1. The number of carbonyl (C=O) groups is 2. The summed E-state index contributed by atoms with van der Waals surface area (Å²) in [5.74, 6) is 0.606. The Labute approximate surface area is 165 Å². The Balaban J connectivity index is 1.81. The van der Waals surface area contributed by atoms with Gasteiger partial charge in [-0.25, -0.2) is 0 Å². The quantitative estimate of drug-likeness (QED) is 0.868. The van der Waals surface area contributed by atoms with Crippen LogP contribution < -0.4 is 5.32 Å². The van der Waals surface area contributed by atoms with Crippen molar-refractivity contribution in [3.63, 3.8) is 0 Å². The van der Waals surface area contributed by atoms with Crippen molar-refractivity contribution in [3.05, 3.63) is 39.5 Å². The van der Waals surface area contributed by atoms with E-state index in [4.69, 9.17) is 0 Å². The van der Waals surface area contributed by atoms with Crippen molar-refractivity contribution in [2.45, 2.75) is 47.5 Å². The standard InChI is InChI=1S/C21H29N3O2S/c1-13-6-7-14(2)24(13)21-19(15(3)16(4)27-21)20(26)23-10-8-18(9-11-23)12-22-17(5)25/h6-7,18H,8-12H2,1-5H3,(H,22,25). The van der Waals surface area contributed by atoms with Crippen LogP contribution in [0.3, 0.4) is 0 Å². The fraction of sp³-hybridized carbons (Fsp3) is 0.524. The first-order chi connectivity index (χ1) is 12.8. The lowest BCUT2D eigenvalue weighted by Crippen LogP contribution is -2.41. The highest BCUT2D eigenvalue weighted by molar-refractivity contribution is 7.15. The van der Waals surface area contributed by atoms with Crippen LogP contribution in [0.25, 0.3) is 5.00 Å². The van der Waals surface area contributed by atoms with Crippen LogP contribution in [0.2, 0.25) is 0 Å². The normalized spacial score (nSPS) is 15.2. The van der Waals surface area contributed by atoms with Crippen molar-refractivity contribution < 1.29 is 9.59 Å². The third-order valence-electron chi connectivity index (χ3n) is 5.60. The van der Waals surface area contributed by atoms with Crippen molar-refractivity contribution in [2.24, 2.45) is 5.92 Å². The van der Waals surface area contributed by atoms with E-state index in [2.05, 4.69) is 49.7 Å². The van der Waals surface area contributed by atoms with Crippen LogP contribution in [0.5, 0.6) is 0 Å². The predicted octanol–water partition coefficient (Wildman–Crippen LogP) is 3.76. The van der Waals surface area contributed by atoms with Gasteiger partial charge in [0.25, 0.3) is 5.91 Å². The third-order valence-corrected chi connectivity index (χ3v) is 6.79. The first-order valence-electron chi connectivity index (χ1n) is 9.58. The van der Waals surface area contributed by atoms with E-state index in [9.17, 15) is 9.59 Å². The molecule has 2 aromatic rings. The maximum absolute atomic E-state index is 13.4. The van der Waals surface area contributed by atoms with Crippen molar-refractivity contribution in [2.75, 3.05) is 19.6 Å². The number of thiophene rings is 1. The number of hydrogen-bond acceptors (Lipinski definition) is 3. The molecule has 0 unspecified atom stereocenters. The number of amides is 2. The average molecular weight is 388 g/mol. The molecule has 1 N–H and O–H groups in total. The summed E-state index contributed by atoms with van der Waals surface area (Å²) in [6.07, 6.45) is 1.87. The highest BCUT2D eigenvalue weighted by Crippen LogP contribution is 2.34. The molecule has 1 saturated heterocycles. The molecular weight excluding hydrogens is 358 g/mol. The molecule has 1 aliphatic rings. The van der Waals surface area contributed by atoms with Crippen LogP contribution in [0.1, 0.15) is 52.0 Å². The first kappa shape index (κ1) is 19.7. The van der Waals surface area contributed by atoms with Gasteiger partial charge in [-0.1, -0.05) is 0 Å². The Morgan fingerprint density at radius 1 is 1.11 bits per heavy atom. The predicted molar refractivity (Wildman–Crippen MR) is 110 cm³/mol. The maximum Gasteiger partial charge on any atom is 0.257 e. The van der Waals surface area contributed by atoms with E-state index >= 15 is 0 Å². The molecule has 5 nitrogen and oxygen atoms in total. The van der Waals surface area contributed by atoms with Crippen molar-refractivity contribution in [1.29, 1.82) is 0 Å². The SMILES string of the molecule is CC(=O)NCC1CCN(C(=O)c2c(-n3c(C)ccc3C)sc(C)c2C)CC1. The second-order valence-corrected chi connectivity index (χ2v) is 8.79. The molecule has 146 valence electrons. The molecule has 0 aromatic carbocycles. The second-order valence-electron chi connectivity index (χ2n) is 7.59. The van der Waals surface area contributed by atoms with E-state index < -0.39 is 0 Å². The number of carbonyl (C=O) groups excluding carboxylic acids is 2. The van der Waals surface area contributed by atoms with E-state index in [1.54, 1.807) is 18.3 Å². The van der Waals surface area contributed by atoms with Crippen LogP contribution in [-0.2, 0) is 4.79 Å². The van der Waals surface area contributed by atoms with Gasteiger partial charge in [0.1, 0.15) is 5.00 Å². The van der Waals surface area contributed by atoms with Gasteiger partial charge in [-0.15, -0.1) is 11.3 Å². The molecule has 0 saturated carbocycles. The molecule has 0 spiro atoms. The first-order valence-corrected chi connectivity index (χ1v) is 10.4. The lowest BCUT2D eigenvalue weighted by atomic mass is 9.96. The largest absolute Gasteiger partial charge is 0.356 e. The Kier molecular flexibility index (Phi) is 5.75. The Bertz CT molecular complexity index is 838. The minimum Gasteiger partial charge on any atom is -0.356 e. The summed E-state index contributed by atoms with van der Waals surface area (Å²) in [4.78, 5) is 27.7. The number of aryl methyl sites for hydroxylation is 3. The summed E-state index contributed by atoms with van der Waals surface area (Å²) in [6.45, 7) is 12.1. The summed E-state index contributed by atoms with van der Waals surface area (Å²) in [7, 11) is 0. The number of hydrogen-bond donors (Lipinski definition) is 1. The fourth-order valence-electron chi connectivity index (χ4n) is 3.79. The van der Waals surface area contributed by atoms with Gasteiger partial charge in [0.05, 0.1) is 5.56 Å². The van der Waals surface area contributed by atoms with E-state index in [-0.39, 0.29) is 11.8 Å². The van der Waals surface area contributed by atoms with Crippen molar-refractivity contribution in [3.8, 4) is 5.00 Å². The highest BCUT2D eigenvalue weighted by Gasteiger charge is 2.29. The van der Waals surface area contributed by atoms with Crippen LogP contribution in [0.15, 0.2) is 12.1 Å². The van der Waals surface area contributed by atoms with Crippen LogP contribution in [-0.4, -0.2) is 40.9 Å². The van der Waals surface area contributed by atoms with Crippen LogP contribution >= 0.6 is 11.3 Å². The van der Waals surface area contributed by atoms with Gasteiger partial charge in [0, 0.05) is 42.8 Å². The smallest absolute Gasteiger partial charge is 0.257 e. The Hall–Kier alpha value is -2.08. The molecule has 0 bridgehead atoms. The van der Waals surface area contributed by atoms with Gasteiger partial charge in [0.15, 0.2) is 0 Å². The zero-order chi connectivity index (χ0) is 19.7. The minimum absolute atomic E-state index is 0.0139. The molecular formula is C21H29N3O2S. The maximum atomic E-state index is 13.4. The number of likely N-dealkylation sites (tertiary alicyclic amines) is 1. The summed E-state index contributed by atoms with van der Waals surface area (Å²) >= 11 is 1.70. The van der Waals surface area contributed by atoms with Gasteiger partial charge >= 0.3 is 0 Å². The Morgan fingerprint density at radius 2 is 1.70 bits per heavy atom. The fourth-order valence-corrected chi connectivity index (χ4v) is 5.06. The number of nitrogens with zero attached hydrogens (tertiary/aromatic N) is 2. The molecule has 2 amide bonds. The topological polar surface area (TPSA) is 54.3 Å². The third kappa shape index (κ3) is 3.95.